The molecule has 8 heteroatoms. The largest absolute Gasteiger partial charge is 0.756 e. The van der Waals surface area contributed by atoms with Crippen molar-refractivity contribution in [2.24, 2.45) is 0 Å². The van der Waals surface area contributed by atoms with E-state index in [9.17, 15) is 9.46 Å². The molecule has 6 nitrogen and oxygen atoms in total. The van der Waals surface area contributed by atoms with Crippen LogP contribution in [0.15, 0.2) is 0 Å². The maximum Gasteiger partial charge on any atom is 0.268 e. The van der Waals surface area contributed by atoms with E-state index in [1.54, 1.807) is 0 Å². The minimum Gasteiger partial charge on any atom is -0.756 e. The van der Waals surface area contributed by atoms with E-state index in [0.29, 0.717) is 0 Å². The number of hydrogen-bond donors (Lipinski definition) is 0. The first-order valence-corrected chi connectivity index (χ1v) is 6.55. The van der Waals surface area contributed by atoms with Gasteiger partial charge in [0.1, 0.15) is 26.2 Å². The Bertz CT molecular complexity index is 311. The van der Waals surface area contributed by atoms with E-state index in [-0.39, 0.29) is 12.7 Å². The zero-order chi connectivity index (χ0) is 11.9. The van der Waals surface area contributed by atoms with Crippen LogP contribution < -0.4 is 4.89 Å². The number of hydrogen-bond acceptors (Lipinski definition) is 6. The van der Waals surface area contributed by atoms with Crippen molar-refractivity contribution in [2.45, 2.75) is 44.3 Å². The predicted octanol–water partition coefficient (Wildman–Crippen LogP) is -0.443. The van der Waals surface area contributed by atoms with Gasteiger partial charge in [-0.2, -0.15) is 0 Å². The van der Waals surface area contributed by atoms with Gasteiger partial charge < -0.3 is 23.4 Å². The molecule has 2 bridgehead atoms. The molecule has 16 heavy (non-hydrogen) atoms. The van der Waals surface area contributed by atoms with E-state index in [1.165, 1.54) is 0 Å². The van der Waals surface area contributed by atoms with E-state index < -0.39 is 32.1 Å². The van der Waals surface area contributed by atoms with Crippen LogP contribution in [0.2, 0.25) is 0 Å². The van der Waals surface area contributed by atoms with Gasteiger partial charge in [-0.1, -0.05) is 0 Å². The fourth-order valence-corrected chi connectivity index (χ4v) is 2.76. The van der Waals surface area contributed by atoms with Crippen LogP contribution in [0, 0.1) is 0 Å². The predicted molar refractivity (Wildman–Crippen MR) is 52.9 cm³/mol. The topological polar surface area (TPSA) is 77.1 Å². The molecule has 2 rings (SSSR count). The summed E-state index contributed by atoms with van der Waals surface area (Å²) in [5, 5.41) is 0. The second-order valence-corrected chi connectivity index (χ2v) is 5.47. The molecule has 2 aliphatic rings. The lowest BCUT2D eigenvalue weighted by Gasteiger charge is -2.28. The van der Waals surface area contributed by atoms with E-state index in [0.717, 1.165) is 0 Å². The molecule has 90 valence electrons. The van der Waals surface area contributed by atoms with E-state index in [1.807, 2.05) is 13.8 Å². The second kappa shape index (κ2) is 4.40. The normalized spacial score (nSPS) is 48.2. The quantitative estimate of drug-likeness (QED) is 0.486. The molecular weight excluding hydrogens is 234 g/mol. The maximum atomic E-state index is 11.3. The maximum absolute atomic E-state index is 11.3. The highest BCUT2D eigenvalue weighted by Crippen LogP contribution is 2.47. The molecule has 0 aliphatic carbocycles. The highest BCUT2D eigenvalue weighted by Gasteiger charge is 2.48. The van der Waals surface area contributed by atoms with Gasteiger partial charge >= 0.3 is 0 Å². The van der Waals surface area contributed by atoms with Gasteiger partial charge in [0.15, 0.2) is 0 Å². The molecule has 2 fully saturated rings. The Balaban J connectivity index is 2.17. The number of ether oxygens (including phenoxy) is 2. The molecular formula is C8H13BO6P-. The molecule has 0 aromatic carbocycles. The van der Waals surface area contributed by atoms with Crippen LogP contribution in [0.4, 0.5) is 0 Å². The molecule has 5 atom stereocenters. The Morgan fingerprint density at radius 1 is 1.56 bits per heavy atom. The molecule has 0 spiro atoms. The van der Waals surface area contributed by atoms with Gasteiger partial charge in [-0.3, -0.25) is 4.57 Å². The van der Waals surface area contributed by atoms with Crippen molar-refractivity contribution < 1.29 is 28.0 Å². The van der Waals surface area contributed by atoms with E-state index in [2.05, 4.69) is 4.52 Å². The number of phosphoric acid groups is 1. The first kappa shape index (κ1) is 12.5. The Labute approximate surface area is 95.2 Å². The summed E-state index contributed by atoms with van der Waals surface area (Å²) in [4.78, 5) is 11.3. The van der Waals surface area contributed by atoms with Crippen LogP contribution in [-0.2, 0) is 23.1 Å². The molecule has 2 radical (unpaired) electrons. The summed E-state index contributed by atoms with van der Waals surface area (Å²) < 4.78 is 31.5. The number of rotatable bonds is 2. The van der Waals surface area contributed by atoms with Crippen LogP contribution in [0.1, 0.15) is 13.8 Å². The molecule has 2 aliphatic heterocycles. The minimum atomic E-state index is -4.28. The summed E-state index contributed by atoms with van der Waals surface area (Å²) in [5.41, 5.74) is 0. The summed E-state index contributed by atoms with van der Waals surface area (Å²) >= 11 is 0. The van der Waals surface area contributed by atoms with Gasteiger partial charge in [0.05, 0.1) is 12.7 Å². The SMILES string of the molecule is [B][C@@H]1O[C@@H]2COP(=O)([O-])OC1[C@H]2OC(C)C. The molecule has 0 aromatic rings. The number of phosphoric ester groups is 1. The third-order valence-electron chi connectivity index (χ3n) is 2.42. The summed E-state index contributed by atoms with van der Waals surface area (Å²) in [6, 6.07) is -0.806. The molecule has 2 heterocycles. The van der Waals surface area contributed by atoms with Crippen LogP contribution in [-0.4, -0.2) is 44.9 Å². The third kappa shape index (κ3) is 2.50. The highest BCUT2D eigenvalue weighted by molar-refractivity contribution is 7.45. The molecule has 0 saturated carbocycles. The fraction of sp³-hybridized carbons (Fsp3) is 1.00. The molecule has 2 unspecified atom stereocenters. The molecule has 0 aromatic heterocycles. The van der Waals surface area contributed by atoms with Gasteiger partial charge in [0, 0.05) is 6.00 Å². The lowest BCUT2D eigenvalue weighted by atomic mass is 9.93. The van der Waals surface area contributed by atoms with Crippen LogP contribution in [0.25, 0.3) is 0 Å². The van der Waals surface area contributed by atoms with Crippen molar-refractivity contribution in [3.8, 4) is 0 Å². The monoisotopic (exact) mass is 247 g/mol. The van der Waals surface area contributed by atoms with Crippen molar-refractivity contribution >= 4 is 15.7 Å². The minimum absolute atomic E-state index is 0.0726. The average molecular weight is 247 g/mol. The first-order chi connectivity index (χ1) is 7.39. The van der Waals surface area contributed by atoms with E-state index in [4.69, 9.17) is 21.8 Å². The zero-order valence-electron chi connectivity index (χ0n) is 9.07. The average Bonchev–Trinajstić information content (AvgIpc) is 2.34. The zero-order valence-corrected chi connectivity index (χ0v) is 9.96. The fourth-order valence-electron chi connectivity index (χ4n) is 1.83. The third-order valence-corrected chi connectivity index (χ3v) is 3.39. The van der Waals surface area contributed by atoms with Crippen molar-refractivity contribution in [1.29, 1.82) is 0 Å². The molecule has 0 amide bonds. The Kier molecular flexibility index (Phi) is 3.45. The lowest BCUT2D eigenvalue weighted by molar-refractivity contribution is -0.232. The summed E-state index contributed by atoms with van der Waals surface area (Å²) in [6.45, 7) is 3.56. The van der Waals surface area contributed by atoms with Gasteiger partial charge in [-0.15, -0.1) is 0 Å². The second-order valence-electron chi connectivity index (χ2n) is 4.10. The standard InChI is InChI=1S/C8H14BO6P/c1-4(2)13-6-5-3-12-16(10,11)15-7(6)8(9)14-5/h4-8H,3H2,1-2H3,(H,10,11)/p-1/t5-,6+,7?,8-/m1/s1. The lowest BCUT2D eigenvalue weighted by Crippen LogP contribution is -2.38. The van der Waals surface area contributed by atoms with Gasteiger partial charge in [0.25, 0.3) is 7.82 Å². The summed E-state index contributed by atoms with van der Waals surface area (Å²) in [7, 11) is 1.35. The van der Waals surface area contributed by atoms with Crippen LogP contribution in [0.5, 0.6) is 0 Å². The Morgan fingerprint density at radius 3 is 2.88 bits per heavy atom. The van der Waals surface area contributed by atoms with Crippen molar-refractivity contribution in [3.05, 3.63) is 0 Å². The van der Waals surface area contributed by atoms with Gasteiger partial charge in [-0.25, -0.2) is 0 Å². The molecule has 0 N–H and O–H groups in total. The summed E-state index contributed by atoms with van der Waals surface area (Å²) in [6.07, 6.45) is -1.93. The highest BCUT2D eigenvalue weighted by atomic mass is 31.2. The van der Waals surface area contributed by atoms with Gasteiger partial charge in [0.2, 0.25) is 0 Å². The number of fused-ring (bicyclic) bond motifs is 2. The van der Waals surface area contributed by atoms with Crippen LogP contribution in [0.3, 0.4) is 0 Å². The summed E-state index contributed by atoms with van der Waals surface area (Å²) in [5.74, 6) is 0. The van der Waals surface area contributed by atoms with Gasteiger partial charge in [-0.05, 0) is 13.8 Å². The Morgan fingerprint density at radius 2 is 2.25 bits per heavy atom. The van der Waals surface area contributed by atoms with Crippen molar-refractivity contribution in [1.82, 2.24) is 0 Å². The van der Waals surface area contributed by atoms with Crippen molar-refractivity contribution in [2.75, 3.05) is 6.61 Å². The van der Waals surface area contributed by atoms with Crippen molar-refractivity contribution in [3.63, 3.8) is 0 Å². The van der Waals surface area contributed by atoms with Crippen LogP contribution >= 0.6 is 7.82 Å². The smallest absolute Gasteiger partial charge is 0.268 e. The molecule has 2 saturated heterocycles. The first-order valence-electron chi connectivity index (χ1n) is 5.09. The van der Waals surface area contributed by atoms with E-state index >= 15 is 0 Å². The Hall–Kier alpha value is 0.0949.